The van der Waals surface area contributed by atoms with Crippen molar-refractivity contribution in [1.29, 1.82) is 0 Å². The van der Waals surface area contributed by atoms with Crippen LogP contribution in [0.2, 0.25) is 0 Å². The van der Waals surface area contributed by atoms with E-state index in [1.807, 2.05) is 11.4 Å². The van der Waals surface area contributed by atoms with Crippen molar-refractivity contribution in [2.75, 3.05) is 5.43 Å². The third kappa shape index (κ3) is 2.51. The van der Waals surface area contributed by atoms with Crippen LogP contribution >= 0.6 is 11.3 Å². The summed E-state index contributed by atoms with van der Waals surface area (Å²) in [6.45, 7) is 5.38. The Bertz CT molecular complexity index is 586. The molecule has 0 radical (unpaired) electrons. The van der Waals surface area contributed by atoms with Gasteiger partial charge in [0, 0.05) is 12.1 Å². The first kappa shape index (κ1) is 13.7. The molecule has 0 saturated carbocycles. The van der Waals surface area contributed by atoms with Crippen LogP contribution < -0.4 is 11.3 Å². The van der Waals surface area contributed by atoms with Gasteiger partial charge in [-0.15, -0.1) is 11.3 Å². The molecule has 0 aliphatic carbocycles. The smallest absolute Gasteiger partial charge is 0.152 e. The van der Waals surface area contributed by atoms with Gasteiger partial charge in [0.2, 0.25) is 0 Å². The van der Waals surface area contributed by atoms with Crippen molar-refractivity contribution < 1.29 is 0 Å². The summed E-state index contributed by atoms with van der Waals surface area (Å²) in [6, 6.07) is 3.19. The number of aromatic nitrogens is 2. The molecule has 0 spiro atoms. The number of likely N-dealkylation sites (tertiary alicyclic amines) is 1. The lowest BCUT2D eigenvalue weighted by atomic mass is 9.97. The van der Waals surface area contributed by atoms with E-state index in [0.717, 1.165) is 28.4 Å². The van der Waals surface area contributed by atoms with E-state index in [9.17, 15) is 0 Å². The van der Waals surface area contributed by atoms with E-state index in [1.165, 1.54) is 19.3 Å². The first-order valence-corrected chi connectivity index (χ1v) is 8.03. The number of anilines is 1. The molecule has 1 aliphatic heterocycles. The van der Waals surface area contributed by atoms with Crippen LogP contribution in [0.4, 0.5) is 5.82 Å². The standard InChI is InChI=1S/C14H21N5S/c1-9-4-3-5-10(2)19(9)8-12-16-13(18-15)11-6-7-20-14(11)17-12/h6-7,9-10H,3-5,8,15H2,1-2H3,(H,16,17,18)/t9-,10+. The maximum Gasteiger partial charge on any atom is 0.152 e. The summed E-state index contributed by atoms with van der Waals surface area (Å²) in [4.78, 5) is 12.7. The first-order valence-electron chi connectivity index (χ1n) is 7.15. The predicted octanol–water partition coefficient (Wildman–Crippen LogP) is 2.74. The Hall–Kier alpha value is -1.24. The monoisotopic (exact) mass is 291 g/mol. The Labute approximate surface area is 123 Å². The second kappa shape index (κ2) is 5.63. The number of rotatable bonds is 3. The molecule has 2 atom stereocenters. The van der Waals surface area contributed by atoms with E-state index < -0.39 is 0 Å². The van der Waals surface area contributed by atoms with Gasteiger partial charge in [0.15, 0.2) is 5.82 Å². The molecule has 3 N–H and O–H groups in total. The largest absolute Gasteiger partial charge is 0.308 e. The Kier molecular flexibility index (Phi) is 3.87. The van der Waals surface area contributed by atoms with E-state index in [4.69, 9.17) is 5.84 Å². The highest BCUT2D eigenvalue weighted by atomic mass is 32.1. The molecule has 108 valence electrons. The lowest BCUT2D eigenvalue weighted by Crippen LogP contribution is -2.43. The van der Waals surface area contributed by atoms with Crippen molar-refractivity contribution in [3.63, 3.8) is 0 Å². The van der Waals surface area contributed by atoms with Crippen LogP contribution in [-0.2, 0) is 6.54 Å². The number of nitrogens with zero attached hydrogens (tertiary/aromatic N) is 3. The van der Waals surface area contributed by atoms with E-state index in [-0.39, 0.29) is 0 Å². The average Bonchev–Trinajstić information content (AvgIpc) is 2.90. The van der Waals surface area contributed by atoms with Crippen LogP contribution in [-0.4, -0.2) is 27.0 Å². The summed E-state index contributed by atoms with van der Waals surface area (Å²) in [6.07, 6.45) is 3.83. The van der Waals surface area contributed by atoms with Crippen LogP contribution in [0.25, 0.3) is 10.2 Å². The maximum absolute atomic E-state index is 5.58. The normalized spacial score (nSPS) is 24.1. The summed E-state index contributed by atoms with van der Waals surface area (Å²) in [5.74, 6) is 7.16. The average molecular weight is 291 g/mol. The lowest BCUT2D eigenvalue weighted by Gasteiger charge is -2.38. The molecule has 0 amide bonds. The van der Waals surface area contributed by atoms with Gasteiger partial charge in [0.25, 0.3) is 0 Å². The summed E-state index contributed by atoms with van der Waals surface area (Å²) < 4.78 is 0. The van der Waals surface area contributed by atoms with Gasteiger partial charge >= 0.3 is 0 Å². The number of thiophene rings is 1. The predicted molar refractivity (Wildman–Crippen MR) is 83.5 cm³/mol. The molecule has 6 heteroatoms. The molecule has 3 rings (SSSR count). The third-order valence-corrected chi connectivity index (χ3v) is 5.01. The van der Waals surface area contributed by atoms with Crippen LogP contribution in [0.1, 0.15) is 38.9 Å². The molecule has 5 nitrogen and oxygen atoms in total. The number of fused-ring (bicyclic) bond motifs is 1. The SMILES string of the molecule is C[C@@H]1CCC[C@H](C)N1Cc1nc(NN)c2ccsc2n1. The second-order valence-corrected chi connectivity index (χ2v) is 6.47. The summed E-state index contributed by atoms with van der Waals surface area (Å²) in [5, 5.41) is 3.02. The third-order valence-electron chi connectivity index (χ3n) is 4.21. The molecule has 2 aromatic heterocycles. The Morgan fingerprint density at radius 3 is 2.80 bits per heavy atom. The number of hydrazine groups is 1. The zero-order chi connectivity index (χ0) is 14.1. The van der Waals surface area contributed by atoms with Gasteiger partial charge in [-0.25, -0.2) is 15.8 Å². The quantitative estimate of drug-likeness (QED) is 0.672. The molecule has 0 unspecified atom stereocenters. The molecule has 1 fully saturated rings. The second-order valence-electron chi connectivity index (χ2n) is 5.57. The summed E-state index contributed by atoms with van der Waals surface area (Å²) in [5.41, 5.74) is 2.69. The van der Waals surface area contributed by atoms with Crippen molar-refractivity contribution in [3.05, 3.63) is 17.3 Å². The van der Waals surface area contributed by atoms with E-state index in [2.05, 4.69) is 34.1 Å². The van der Waals surface area contributed by atoms with Crippen LogP contribution in [0, 0.1) is 0 Å². The fourth-order valence-corrected chi connectivity index (χ4v) is 3.81. The van der Waals surface area contributed by atoms with Crippen LogP contribution in [0.15, 0.2) is 11.4 Å². The van der Waals surface area contributed by atoms with Crippen molar-refractivity contribution in [1.82, 2.24) is 14.9 Å². The topological polar surface area (TPSA) is 67.1 Å². The minimum absolute atomic E-state index is 0.593. The van der Waals surface area contributed by atoms with E-state index >= 15 is 0 Å². The molecular formula is C14H21N5S. The zero-order valence-electron chi connectivity index (χ0n) is 12.0. The van der Waals surface area contributed by atoms with Gasteiger partial charge in [-0.1, -0.05) is 6.42 Å². The minimum Gasteiger partial charge on any atom is -0.308 e. The number of piperidine rings is 1. The molecule has 0 aromatic carbocycles. The van der Waals surface area contributed by atoms with E-state index in [0.29, 0.717) is 12.1 Å². The minimum atomic E-state index is 0.593. The Morgan fingerprint density at radius 2 is 2.10 bits per heavy atom. The van der Waals surface area contributed by atoms with Gasteiger partial charge < -0.3 is 5.43 Å². The van der Waals surface area contributed by atoms with Crippen molar-refractivity contribution >= 4 is 27.4 Å². The van der Waals surface area contributed by atoms with Crippen LogP contribution in [0.5, 0.6) is 0 Å². The molecule has 1 saturated heterocycles. The maximum atomic E-state index is 5.58. The van der Waals surface area contributed by atoms with E-state index in [1.54, 1.807) is 11.3 Å². The summed E-state index contributed by atoms with van der Waals surface area (Å²) >= 11 is 1.63. The first-order chi connectivity index (χ1) is 9.69. The Morgan fingerprint density at radius 1 is 1.35 bits per heavy atom. The number of hydrogen-bond donors (Lipinski definition) is 2. The highest BCUT2D eigenvalue weighted by molar-refractivity contribution is 7.16. The van der Waals surface area contributed by atoms with Crippen molar-refractivity contribution in [2.45, 2.75) is 51.7 Å². The van der Waals surface area contributed by atoms with Crippen molar-refractivity contribution in [3.8, 4) is 0 Å². The zero-order valence-corrected chi connectivity index (χ0v) is 12.8. The van der Waals surface area contributed by atoms with Gasteiger partial charge in [0.05, 0.1) is 11.9 Å². The molecule has 0 bridgehead atoms. The van der Waals surface area contributed by atoms with Gasteiger partial charge in [-0.2, -0.15) is 0 Å². The molecule has 3 heterocycles. The fourth-order valence-electron chi connectivity index (χ4n) is 3.03. The number of nitrogens with one attached hydrogen (secondary N) is 1. The summed E-state index contributed by atoms with van der Waals surface area (Å²) in [7, 11) is 0. The highest BCUT2D eigenvalue weighted by Crippen LogP contribution is 2.27. The van der Waals surface area contributed by atoms with Crippen LogP contribution in [0.3, 0.4) is 0 Å². The lowest BCUT2D eigenvalue weighted by molar-refractivity contribution is 0.0924. The Balaban J connectivity index is 1.89. The molecule has 1 aliphatic rings. The fraction of sp³-hybridized carbons (Fsp3) is 0.571. The van der Waals surface area contributed by atoms with Crippen molar-refractivity contribution in [2.24, 2.45) is 5.84 Å². The van der Waals surface area contributed by atoms with Gasteiger partial charge in [-0.3, -0.25) is 4.90 Å². The molecule has 2 aromatic rings. The molecular weight excluding hydrogens is 270 g/mol. The van der Waals surface area contributed by atoms with Gasteiger partial charge in [0.1, 0.15) is 10.7 Å². The number of hydrogen-bond acceptors (Lipinski definition) is 6. The highest BCUT2D eigenvalue weighted by Gasteiger charge is 2.25. The van der Waals surface area contributed by atoms with Gasteiger partial charge in [-0.05, 0) is 38.1 Å². The molecule has 20 heavy (non-hydrogen) atoms. The number of nitrogens with two attached hydrogens (primary N) is 1. The number of nitrogen functional groups attached to an aromatic ring is 1.